The number of rotatable bonds is 5. The second-order valence-corrected chi connectivity index (χ2v) is 6.67. The van der Waals surface area contributed by atoms with Crippen molar-refractivity contribution in [3.05, 3.63) is 34.9 Å². The van der Waals surface area contributed by atoms with Crippen LogP contribution in [0.1, 0.15) is 31.2 Å². The molecule has 1 atom stereocenters. The highest BCUT2D eigenvalue weighted by atomic mass is 35.5. The van der Waals surface area contributed by atoms with Crippen molar-refractivity contribution in [2.45, 2.75) is 38.1 Å². The number of hydrogen-bond acceptors (Lipinski definition) is 2. The highest BCUT2D eigenvalue weighted by molar-refractivity contribution is 6.31. The Balaban J connectivity index is 1.49. The van der Waals surface area contributed by atoms with Crippen LogP contribution in [0.5, 0.6) is 0 Å². The molecule has 1 aromatic carbocycles. The van der Waals surface area contributed by atoms with Gasteiger partial charge in [0.15, 0.2) is 0 Å². The molecule has 0 spiro atoms. The lowest BCUT2D eigenvalue weighted by atomic mass is 9.96. The molecule has 1 aliphatic heterocycles. The van der Waals surface area contributed by atoms with Gasteiger partial charge >= 0.3 is 0 Å². The lowest BCUT2D eigenvalue weighted by Gasteiger charge is -2.32. The number of nitrogens with one attached hydrogen (secondary N) is 1. The molecule has 3 nitrogen and oxygen atoms in total. The first-order valence-corrected chi connectivity index (χ1v) is 8.36. The van der Waals surface area contributed by atoms with Crippen molar-refractivity contribution in [3.63, 3.8) is 0 Å². The number of amides is 1. The number of piperidine rings is 1. The number of benzene rings is 1. The number of carbonyl (C=O) groups excluding carboxylic acids is 1. The molecule has 1 aliphatic carbocycles. The molecular weight excluding hydrogens is 284 g/mol. The van der Waals surface area contributed by atoms with Crippen LogP contribution in [-0.4, -0.2) is 36.5 Å². The maximum Gasteiger partial charge on any atom is 0.224 e. The third-order valence-electron chi connectivity index (χ3n) is 4.46. The van der Waals surface area contributed by atoms with Gasteiger partial charge in [0.25, 0.3) is 0 Å². The van der Waals surface area contributed by atoms with Gasteiger partial charge in [-0.2, -0.15) is 0 Å². The molecule has 1 heterocycles. The third kappa shape index (κ3) is 4.21. The number of hydrogen-bond donors (Lipinski definition) is 1. The standard InChI is InChI=1S/C17H23ClN2O/c18-16-6-2-1-4-13(16)9-11-20-10-3-5-14(12-20)17(21)19-15-7-8-15/h1-2,4,6,14-15H,3,5,7-12H2,(H,19,21)/t14-/m1/s1. The minimum Gasteiger partial charge on any atom is -0.353 e. The fraction of sp³-hybridized carbons (Fsp3) is 0.588. The summed E-state index contributed by atoms with van der Waals surface area (Å²) in [5.74, 6) is 0.436. The summed E-state index contributed by atoms with van der Waals surface area (Å²) in [7, 11) is 0. The Labute approximate surface area is 131 Å². The van der Waals surface area contributed by atoms with Crippen molar-refractivity contribution in [1.82, 2.24) is 10.2 Å². The van der Waals surface area contributed by atoms with Gasteiger partial charge in [0.1, 0.15) is 0 Å². The van der Waals surface area contributed by atoms with Crippen LogP contribution in [0.2, 0.25) is 5.02 Å². The van der Waals surface area contributed by atoms with Crippen molar-refractivity contribution in [1.29, 1.82) is 0 Å². The third-order valence-corrected chi connectivity index (χ3v) is 4.82. The lowest BCUT2D eigenvalue weighted by molar-refractivity contribution is -0.126. The van der Waals surface area contributed by atoms with Gasteiger partial charge < -0.3 is 10.2 Å². The van der Waals surface area contributed by atoms with Crippen LogP contribution in [-0.2, 0) is 11.2 Å². The van der Waals surface area contributed by atoms with Crippen molar-refractivity contribution in [3.8, 4) is 0 Å². The van der Waals surface area contributed by atoms with Gasteiger partial charge in [-0.15, -0.1) is 0 Å². The number of halogens is 1. The van der Waals surface area contributed by atoms with E-state index in [9.17, 15) is 4.79 Å². The molecule has 0 bridgehead atoms. The highest BCUT2D eigenvalue weighted by Crippen LogP contribution is 2.23. The van der Waals surface area contributed by atoms with Gasteiger partial charge in [-0.3, -0.25) is 4.79 Å². The van der Waals surface area contributed by atoms with Crippen LogP contribution in [0.3, 0.4) is 0 Å². The van der Waals surface area contributed by atoms with E-state index in [4.69, 9.17) is 11.6 Å². The smallest absolute Gasteiger partial charge is 0.224 e. The van der Waals surface area contributed by atoms with Crippen LogP contribution < -0.4 is 5.32 Å². The minimum atomic E-state index is 0.172. The van der Waals surface area contributed by atoms with E-state index >= 15 is 0 Å². The molecule has 1 saturated heterocycles. The largest absolute Gasteiger partial charge is 0.353 e. The van der Waals surface area contributed by atoms with Gasteiger partial charge in [-0.1, -0.05) is 29.8 Å². The Bertz CT molecular complexity index is 501. The Morgan fingerprint density at radius 2 is 2.10 bits per heavy atom. The van der Waals surface area contributed by atoms with E-state index < -0.39 is 0 Å². The molecule has 1 aromatic rings. The summed E-state index contributed by atoms with van der Waals surface area (Å²) in [6.07, 6.45) is 5.42. The molecule has 114 valence electrons. The van der Waals surface area contributed by atoms with E-state index in [-0.39, 0.29) is 11.8 Å². The topological polar surface area (TPSA) is 32.3 Å². The number of nitrogens with zero attached hydrogens (tertiary/aromatic N) is 1. The lowest BCUT2D eigenvalue weighted by Crippen LogP contribution is -2.44. The van der Waals surface area contributed by atoms with E-state index in [0.29, 0.717) is 6.04 Å². The van der Waals surface area contributed by atoms with Gasteiger partial charge in [-0.25, -0.2) is 0 Å². The summed E-state index contributed by atoms with van der Waals surface area (Å²) in [5, 5.41) is 3.99. The van der Waals surface area contributed by atoms with Crippen molar-refractivity contribution in [2.24, 2.45) is 5.92 Å². The molecule has 0 aromatic heterocycles. The van der Waals surface area contributed by atoms with E-state index in [1.54, 1.807) is 0 Å². The first-order valence-electron chi connectivity index (χ1n) is 7.98. The van der Waals surface area contributed by atoms with Crippen molar-refractivity contribution in [2.75, 3.05) is 19.6 Å². The van der Waals surface area contributed by atoms with Gasteiger partial charge in [0.2, 0.25) is 5.91 Å². The van der Waals surface area contributed by atoms with Crippen LogP contribution in [0, 0.1) is 5.92 Å². The zero-order valence-corrected chi connectivity index (χ0v) is 13.1. The monoisotopic (exact) mass is 306 g/mol. The first-order chi connectivity index (χ1) is 10.2. The summed E-state index contributed by atoms with van der Waals surface area (Å²) in [4.78, 5) is 14.6. The van der Waals surface area contributed by atoms with Crippen LogP contribution >= 0.6 is 11.6 Å². The summed E-state index contributed by atoms with van der Waals surface area (Å²) in [6, 6.07) is 8.49. The van der Waals surface area contributed by atoms with Gasteiger partial charge in [0.05, 0.1) is 5.92 Å². The number of likely N-dealkylation sites (tertiary alicyclic amines) is 1. The Morgan fingerprint density at radius 1 is 1.29 bits per heavy atom. The summed E-state index contributed by atoms with van der Waals surface area (Å²) >= 11 is 6.20. The SMILES string of the molecule is O=C(NC1CC1)[C@@H]1CCCN(CCc2ccccc2Cl)C1. The van der Waals surface area contributed by atoms with Crippen LogP contribution in [0.15, 0.2) is 24.3 Å². The predicted molar refractivity (Wildman–Crippen MR) is 85.5 cm³/mol. The molecule has 1 N–H and O–H groups in total. The zero-order valence-electron chi connectivity index (χ0n) is 12.4. The van der Waals surface area contributed by atoms with Gasteiger partial charge in [-0.05, 0) is 50.3 Å². The Kier molecular flexibility index (Phi) is 4.81. The molecule has 4 heteroatoms. The predicted octanol–water partition coefficient (Wildman–Crippen LogP) is 2.87. The molecule has 2 aliphatic rings. The summed E-state index contributed by atoms with van der Waals surface area (Å²) in [6.45, 7) is 2.97. The molecule has 2 fully saturated rings. The quantitative estimate of drug-likeness (QED) is 0.907. The first kappa shape index (κ1) is 14.9. The maximum atomic E-state index is 12.2. The minimum absolute atomic E-state index is 0.172. The van der Waals surface area contributed by atoms with E-state index in [0.717, 1.165) is 56.8 Å². The van der Waals surface area contributed by atoms with E-state index in [2.05, 4.69) is 16.3 Å². The van der Waals surface area contributed by atoms with Crippen LogP contribution in [0.25, 0.3) is 0 Å². The zero-order chi connectivity index (χ0) is 14.7. The average molecular weight is 307 g/mol. The molecule has 21 heavy (non-hydrogen) atoms. The van der Waals surface area contributed by atoms with Gasteiger partial charge in [0, 0.05) is 24.2 Å². The molecule has 0 unspecified atom stereocenters. The van der Waals surface area contributed by atoms with Crippen LogP contribution in [0.4, 0.5) is 0 Å². The fourth-order valence-corrected chi connectivity index (χ4v) is 3.23. The molecule has 1 saturated carbocycles. The highest BCUT2D eigenvalue weighted by Gasteiger charge is 2.30. The molecule has 1 amide bonds. The van der Waals surface area contributed by atoms with E-state index in [1.807, 2.05) is 18.2 Å². The summed E-state index contributed by atoms with van der Waals surface area (Å²) < 4.78 is 0. The van der Waals surface area contributed by atoms with Crippen molar-refractivity contribution >= 4 is 17.5 Å². The number of carbonyl (C=O) groups is 1. The molecule has 3 rings (SSSR count). The van der Waals surface area contributed by atoms with E-state index in [1.165, 1.54) is 5.56 Å². The Morgan fingerprint density at radius 3 is 2.86 bits per heavy atom. The summed E-state index contributed by atoms with van der Waals surface area (Å²) in [5.41, 5.74) is 1.20. The normalized spacial score (nSPS) is 23.0. The average Bonchev–Trinajstić information content (AvgIpc) is 3.31. The second kappa shape index (κ2) is 6.80. The molecular formula is C17H23ClN2O. The van der Waals surface area contributed by atoms with Crippen molar-refractivity contribution < 1.29 is 4.79 Å². The fourth-order valence-electron chi connectivity index (χ4n) is 3.00. The second-order valence-electron chi connectivity index (χ2n) is 6.26. The molecule has 0 radical (unpaired) electrons. The Hall–Kier alpha value is -1.06. The maximum absolute atomic E-state index is 12.2.